The van der Waals surface area contributed by atoms with Gasteiger partial charge in [-0.15, -0.1) is 0 Å². The minimum atomic E-state index is -0.724. The number of carbonyl (C=O) groups excluding carboxylic acids is 1. The third-order valence-electron chi connectivity index (χ3n) is 4.58. The molecule has 2 aromatic carbocycles. The topological polar surface area (TPSA) is 82.0 Å². The van der Waals surface area contributed by atoms with Crippen molar-refractivity contribution >= 4 is 28.2 Å². The van der Waals surface area contributed by atoms with E-state index in [-0.39, 0.29) is 5.91 Å². The van der Waals surface area contributed by atoms with E-state index in [0.29, 0.717) is 29.3 Å². The molecule has 2 heterocycles. The minimum Gasteiger partial charge on any atom is -0.493 e. The van der Waals surface area contributed by atoms with Crippen molar-refractivity contribution < 1.29 is 19.1 Å². The van der Waals surface area contributed by atoms with Crippen LogP contribution in [0.3, 0.4) is 0 Å². The molecule has 0 unspecified atom stereocenters. The number of hydrogen-bond acceptors (Lipinski definition) is 6. The average Bonchev–Trinajstić information content (AvgIpc) is 3.23. The Hall–Kier alpha value is -3.61. The predicted octanol–water partition coefficient (Wildman–Crippen LogP) is 3.38. The highest BCUT2D eigenvalue weighted by molar-refractivity contribution is 6.09. The lowest BCUT2D eigenvalue weighted by molar-refractivity contribution is -0.125. The van der Waals surface area contributed by atoms with Crippen molar-refractivity contribution in [3.8, 4) is 11.5 Å². The van der Waals surface area contributed by atoms with Crippen LogP contribution in [-0.4, -0.2) is 36.9 Å². The molecule has 0 fully saturated rings. The van der Waals surface area contributed by atoms with Gasteiger partial charge >= 0.3 is 0 Å². The number of rotatable bonds is 5. The Kier molecular flexibility index (Phi) is 4.80. The number of ether oxygens (including phenoxy) is 2. The van der Waals surface area contributed by atoms with E-state index in [1.165, 1.54) is 0 Å². The number of carbonyl (C=O) groups is 1. The molecule has 0 saturated carbocycles. The average molecular weight is 377 g/mol. The van der Waals surface area contributed by atoms with Gasteiger partial charge in [0, 0.05) is 23.6 Å². The molecule has 7 heteroatoms. The molecule has 1 amide bonds. The summed E-state index contributed by atoms with van der Waals surface area (Å²) in [6, 6.07) is 14.8. The van der Waals surface area contributed by atoms with Gasteiger partial charge in [-0.1, -0.05) is 17.3 Å². The number of nitrogens with one attached hydrogen (secondary N) is 1. The van der Waals surface area contributed by atoms with Gasteiger partial charge in [-0.05, 0) is 36.4 Å². The summed E-state index contributed by atoms with van der Waals surface area (Å²) >= 11 is 0. The Morgan fingerprint density at radius 2 is 1.96 bits per heavy atom. The van der Waals surface area contributed by atoms with Crippen LogP contribution >= 0.6 is 0 Å². The molecule has 0 saturated heterocycles. The van der Waals surface area contributed by atoms with Crippen LogP contribution in [0.4, 0.5) is 5.69 Å². The summed E-state index contributed by atoms with van der Waals surface area (Å²) in [6.45, 7) is 0. The van der Waals surface area contributed by atoms with Crippen LogP contribution in [0.5, 0.6) is 11.5 Å². The van der Waals surface area contributed by atoms with E-state index in [4.69, 9.17) is 14.3 Å². The van der Waals surface area contributed by atoms with Gasteiger partial charge in [-0.25, -0.2) is 0 Å². The Bertz CT molecular complexity index is 1060. The van der Waals surface area contributed by atoms with Crippen molar-refractivity contribution in [2.75, 3.05) is 19.5 Å². The molecule has 1 aliphatic heterocycles. The second kappa shape index (κ2) is 7.56. The number of pyridine rings is 1. The quantitative estimate of drug-likeness (QED) is 0.737. The van der Waals surface area contributed by atoms with E-state index in [1.54, 1.807) is 26.5 Å². The fourth-order valence-corrected chi connectivity index (χ4v) is 3.22. The van der Waals surface area contributed by atoms with Gasteiger partial charge < -0.3 is 19.6 Å². The largest absolute Gasteiger partial charge is 0.493 e. The van der Waals surface area contributed by atoms with Crippen molar-refractivity contribution in [1.29, 1.82) is 0 Å². The minimum absolute atomic E-state index is 0.267. The number of hydrogen-bond donors (Lipinski definition) is 1. The van der Waals surface area contributed by atoms with Crippen molar-refractivity contribution in [1.82, 2.24) is 4.98 Å². The molecular weight excluding hydrogens is 358 g/mol. The van der Waals surface area contributed by atoms with Crippen LogP contribution < -0.4 is 14.8 Å². The lowest BCUT2D eigenvalue weighted by Crippen LogP contribution is -2.28. The van der Waals surface area contributed by atoms with E-state index < -0.39 is 6.10 Å². The zero-order valence-electron chi connectivity index (χ0n) is 15.5. The number of amides is 1. The smallest absolute Gasteiger partial charge is 0.268 e. The SMILES string of the molecule is COc1cccc(C2=NO[C@@H](C(=O)Nc3cccc4ncccc34)C2)c1OC. The zero-order valence-corrected chi connectivity index (χ0v) is 15.5. The first-order valence-electron chi connectivity index (χ1n) is 8.80. The van der Waals surface area contributed by atoms with E-state index >= 15 is 0 Å². The van der Waals surface area contributed by atoms with Crippen LogP contribution in [0.1, 0.15) is 12.0 Å². The maximum Gasteiger partial charge on any atom is 0.268 e. The number of benzene rings is 2. The maximum absolute atomic E-state index is 12.7. The molecular formula is C21H19N3O4. The van der Waals surface area contributed by atoms with Crippen LogP contribution in [0.2, 0.25) is 0 Å². The predicted molar refractivity (Wildman–Crippen MR) is 106 cm³/mol. The first-order chi connectivity index (χ1) is 13.7. The van der Waals surface area contributed by atoms with Crippen molar-refractivity contribution in [3.63, 3.8) is 0 Å². The number of methoxy groups -OCH3 is 2. The normalized spacial score (nSPS) is 15.6. The summed E-state index contributed by atoms with van der Waals surface area (Å²) in [5.74, 6) is 0.893. The summed E-state index contributed by atoms with van der Waals surface area (Å²) in [7, 11) is 3.14. The number of aromatic nitrogens is 1. The molecule has 0 bridgehead atoms. The van der Waals surface area contributed by atoms with Gasteiger partial charge in [-0.2, -0.15) is 0 Å². The lowest BCUT2D eigenvalue weighted by Gasteiger charge is -2.12. The van der Waals surface area contributed by atoms with Gasteiger partial charge in [0.25, 0.3) is 5.91 Å². The third kappa shape index (κ3) is 3.22. The van der Waals surface area contributed by atoms with Gasteiger partial charge in [-0.3, -0.25) is 9.78 Å². The highest BCUT2D eigenvalue weighted by Gasteiger charge is 2.31. The fraction of sp³-hybridized carbons (Fsp3) is 0.190. The number of oxime groups is 1. The molecule has 7 nitrogen and oxygen atoms in total. The van der Waals surface area contributed by atoms with Gasteiger partial charge in [0.15, 0.2) is 11.5 Å². The highest BCUT2D eigenvalue weighted by atomic mass is 16.6. The number of nitrogens with zero attached hydrogens (tertiary/aromatic N) is 2. The van der Waals surface area contributed by atoms with Crippen LogP contribution in [0.15, 0.2) is 59.9 Å². The third-order valence-corrected chi connectivity index (χ3v) is 4.58. The highest BCUT2D eigenvalue weighted by Crippen LogP contribution is 2.33. The second-order valence-corrected chi connectivity index (χ2v) is 6.24. The molecule has 28 heavy (non-hydrogen) atoms. The van der Waals surface area contributed by atoms with Crippen LogP contribution in [-0.2, 0) is 9.63 Å². The molecule has 1 N–H and O–H groups in total. The first kappa shape index (κ1) is 17.8. The molecule has 1 aromatic heterocycles. The zero-order chi connectivity index (χ0) is 19.5. The van der Waals surface area contributed by atoms with Crippen molar-refractivity contribution in [2.45, 2.75) is 12.5 Å². The summed E-state index contributed by atoms with van der Waals surface area (Å²) in [5, 5.41) is 7.89. The summed E-state index contributed by atoms with van der Waals surface area (Å²) < 4.78 is 10.8. The molecule has 1 aliphatic rings. The molecule has 0 aliphatic carbocycles. The summed E-state index contributed by atoms with van der Waals surface area (Å²) in [4.78, 5) is 22.4. The van der Waals surface area contributed by atoms with E-state index in [0.717, 1.165) is 16.5 Å². The molecule has 3 aromatic rings. The van der Waals surface area contributed by atoms with Gasteiger partial charge in [0.2, 0.25) is 6.10 Å². The first-order valence-corrected chi connectivity index (χ1v) is 8.80. The summed E-state index contributed by atoms with van der Waals surface area (Å²) in [5.41, 5.74) is 2.87. The Morgan fingerprint density at radius 1 is 1.11 bits per heavy atom. The maximum atomic E-state index is 12.7. The lowest BCUT2D eigenvalue weighted by atomic mass is 10.0. The van der Waals surface area contributed by atoms with E-state index in [2.05, 4.69) is 15.5 Å². The molecule has 142 valence electrons. The fourth-order valence-electron chi connectivity index (χ4n) is 3.22. The Labute approximate surface area is 161 Å². The van der Waals surface area contributed by atoms with Crippen molar-refractivity contribution in [3.05, 3.63) is 60.3 Å². The Balaban J connectivity index is 1.52. The monoisotopic (exact) mass is 377 g/mol. The number of anilines is 1. The molecule has 0 spiro atoms. The van der Waals surface area contributed by atoms with Crippen LogP contribution in [0, 0.1) is 0 Å². The Morgan fingerprint density at radius 3 is 2.79 bits per heavy atom. The summed E-state index contributed by atoms with van der Waals surface area (Å²) in [6.07, 6.45) is 1.33. The van der Waals surface area contributed by atoms with Crippen molar-refractivity contribution in [2.24, 2.45) is 5.16 Å². The van der Waals surface area contributed by atoms with E-state index in [1.807, 2.05) is 42.5 Å². The van der Waals surface area contributed by atoms with Crippen LogP contribution in [0.25, 0.3) is 10.9 Å². The molecule has 1 atom stereocenters. The second-order valence-electron chi connectivity index (χ2n) is 6.24. The number of fused-ring (bicyclic) bond motifs is 1. The van der Waals surface area contributed by atoms with E-state index in [9.17, 15) is 4.79 Å². The molecule has 4 rings (SSSR count). The standard InChI is InChI=1S/C21H19N3O4/c1-26-18-10-3-6-14(20(18)27-2)17-12-19(28-24-17)21(25)23-16-9-4-8-15-13(16)7-5-11-22-15/h3-11,19H,12H2,1-2H3,(H,23,25)/t19-/m1/s1. The van der Waals surface area contributed by atoms with Gasteiger partial charge in [0.05, 0.1) is 31.1 Å². The number of para-hydroxylation sites is 1. The molecule has 0 radical (unpaired) electrons. The van der Waals surface area contributed by atoms with Gasteiger partial charge in [0.1, 0.15) is 0 Å².